The molecule has 1 fully saturated rings. The van der Waals surface area contributed by atoms with Crippen molar-refractivity contribution in [1.82, 2.24) is 15.1 Å². The van der Waals surface area contributed by atoms with Gasteiger partial charge in [-0.15, -0.1) is 11.8 Å². The molecule has 1 heterocycles. The van der Waals surface area contributed by atoms with Gasteiger partial charge in [0.15, 0.2) is 11.5 Å². The molecule has 1 N–H and O–H groups in total. The summed E-state index contributed by atoms with van der Waals surface area (Å²) in [6.07, 6.45) is -8.17. The van der Waals surface area contributed by atoms with Crippen LogP contribution in [0.1, 0.15) is 34.5 Å². The Morgan fingerprint density at radius 3 is 2.45 bits per heavy atom. The van der Waals surface area contributed by atoms with Gasteiger partial charge in [-0.2, -0.15) is 45.3 Å². The summed E-state index contributed by atoms with van der Waals surface area (Å²) < 4.78 is 106. The molecule has 0 unspecified atom stereocenters. The Bertz CT molecular complexity index is 1250. The number of aryl methyl sites for hydroxylation is 1. The number of halogens is 9. The van der Waals surface area contributed by atoms with Crippen LogP contribution in [0.2, 0.25) is 5.02 Å². The molecule has 1 aliphatic rings. The van der Waals surface area contributed by atoms with Gasteiger partial charge in [-0.3, -0.25) is 9.80 Å². The van der Waals surface area contributed by atoms with Crippen molar-refractivity contribution in [2.45, 2.75) is 42.1 Å². The van der Waals surface area contributed by atoms with E-state index in [-0.39, 0.29) is 34.0 Å². The normalized spacial score (nSPS) is 14.7. The van der Waals surface area contributed by atoms with E-state index >= 15 is 0 Å². The van der Waals surface area contributed by atoms with Crippen LogP contribution in [0.25, 0.3) is 5.57 Å². The van der Waals surface area contributed by atoms with Gasteiger partial charge in [0.25, 0.3) is 5.91 Å². The van der Waals surface area contributed by atoms with Crippen molar-refractivity contribution in [3.63, 3.8) is 0 Å². The summed E-state index contributed by atoms with van der Waals surface area (Å²) in [6, 6.07) is 4.46. The third kappa shape index (κ3) is 6.79. The van der Waals surface area contributed by atoms with Crippen molar-refractivity contribution in [1.29, 1.82) is 0 Å². The van der Waals surface area contributed by atoms with Crippen molar-refractivity contribution in [3.8, 4) is 0 Å². The lowest BCUT2D eigenvalue weighted by molar-refractivity contribution is -0.292. The second-order valence-electron chi connectivity index (χ2n) is 8.34. The smallest absolute Gasteiger partial charge is 0.349 e. The van der Waals surface area contributed by atoms with E-state index in [0.29, 0.717) is 10.2 Å². The second-order valence-corrected chi connectivity index (χ2v) is 9.73. The van der Waals surface area contributed by atoms with E-state index in [1.54, 1.807) is 0 Å². The third-order valence-electron chi connectivity index (χ3n) is 5.20. The number of hydrazone groups is 1. The fourth-order valence-electron chi connectivity index (χ4n) is 3.15. The van der Waals surface area contributed by atoms with Crippen molar-refractivity contribution in [2.75, 3.05) is 17.8 Å². The van der Waals surface area contributed by atoms with Crippen LogP contribution in [-0.4, -0.2) is 53.1 Å². The number of carbonyl (C=O) groups is 1. The van der Waals surface area contributed by atoms with Gasteiger partial charge in [-0.05, 0) is 36.1 Å². The summed E-state index contributed by atoms with van der Waals surface area (Å²) in [5, 5.41) is 10.9. The van der Waals surface area contributed by atoms with Crippen molar-refractivity contribution < 1.29 is 39.9 Å². The number of thioether (sulfide) groups is 1. The van der Waals surface area contributed by atoms with Crippen LogP contribution in [0, 0.1) is 0 Å². The van der Waals surface area contributed by atoms with Crippen LogP contribution < -0.4 is 10.3 Å². The van der Waals surface area contributed by atoms with Gasteiger partial charge in [0.1, 0.15) is 0 Å². The molecule has 38 heavy (non-hydrogen) atoms. The molecule has 0 spiro atoms. The van der Waals surface area contributed by atoms with Crippen molar-refractivity contribution in [3.05, 3.63) is 46.6 Å². The van der Waals surface area contributed by atoms with Crippen molar-refractivity contribution in [2.24, 2.45) is 12.1 Å². The summed E-state index contributed by atoms with van der Waals surface area (Å²) in [6.45, 7) is 3.79. The first-order valence-corrected chi connectivity index (χ1v) is 12.1. The molecule has 1 aromatic heterocycles. The first-order chi connectivity index (χ1) is 17.4. The number of hydrogen-bond donors (Lipinski definition) is 1. The highest BCUT2D eigenvalue weighted by Crippen LogP contribution is 2.49. The van der Waals surface area contributed by atoms with E-state index < -0.39 is 46.3 Å². The fourth-order valence-corrected chi connectivity index (χ4v) is 4.36. The summed E-state index contributed by atoms with van der Waals surface area (Å²) >= 11 is 5.84. The Morgan fingerprint density at radius 1 is 1.26 bits per heavy atom. The molecule has 2 aromatic rings. The zero-order chi connectivity index (χ0) is 28.6. The molecule has 1 amide bonds. The highest BCUT2D eigenvalue weighted by molar-refractivity contribution is 7.99. The molecular weight excluding hydrogens is 570 g/mol. The standard InChI is InChI=1S/C22H20ClF8N5OS/c1-11(12-4-7-15(23)14(8-12)18(37)33-13-5-6-13)9-32-35(2)19-16(38-10-20(24,25)26)17(34-36(19)3)21(27,28)22(29,30)31/h4,7-9,13H,1,5-6,10H2,2-3H3,(H,33,37)/b32-9-. The maximum absolute atomic E-state index is 14.1. The minimum absolute atomic E-state index is 0.0681. The lowest BCUT2D eigenvalue weighted by atomic mass is 10.0. The minimum Gasteiger partial charge on any atom is -0.349 e. The Hall–Kier alpha value is -2.81. The molecule has 0 bridgehead atoms. The number of anilines is 1. The van der Waals surface area contributed by atoms with Gasteiger partial charge in [-0.1, -0.05) is 24.2 Å². The predicted molar refractivity (Wildman–Crippen MR) is 128 cm³/mol. The Labute approximate surface area is 220 Å². The Balaban J connectivity index is 1.92. The number of benzene rings is 1. The van der Waals surface area contributed by atoms with Crippen LogP contribution in [-0.2, 0) is 13.0 Å². The van der Waals surface area contributed by atoms with Crippen LogP contribution in [0.3, 0.4) is 0 Å². The molecule has 1 saturated carbocycles. The lowest BCUT2D eigenvalue weighted by Gasteiger charge is -2.20. The van der Waals surface area contributed by atoms with Crippen molar-refractivity contribution >= 4 is 46.9 Å². The number of nitrogens with one attached hydrogen (secondary N) is 1. The van der Waals surface area contributed by atoms with E-state index in [2.05, 4.69) is 22.1 Å². The SMILES string of the molecule is C=C(/C=N\N(C)c1c(SCC(F)(F)F)c(C(F)(F)C(F)(F)F)nn1C)c1ccc(Cl)c(C(=O)NC2CC2)c1. The molecule has 0 aliphatic heterocycles. The number of aromatic nitrogens is 2. The molecule has 1 aliphatic carbocycles. The van der Waals surface area contributed by atoms with E-state index in [4.69, 9.17) is 11.6 Å². The second kappa shape index (κ2) is 10.8. The monoisotopic (exact) mass is 589 g/mol. The number of hydrogen-bond acceptors (Lipinski definition) is 5. The topological polar surface area (TPSA) is 62.5 Å². The van der Waals surface area contributed by atoms with Gasteiger partial charge in [0.2, 0.25) is 0 Å². The van der Waals surface area contributed by atoms with Gasteiger partial charge in [0.05, 0.1) is 27.4 Å². The van der Waals surface area contributed by atoms with Gasteiger partial charge in [0, 0.05) is 20.1 Å². The Kier molecular flexibility index (Phi) is 8.41. The molecular formula is C22H20ClF8N5OS. The van der Waals surface area contributed by atoms with Gasteiger partial charge in [-0.25, -0.2) is 4.68 Å². The number of rotatable bonds is 9. The molecule has 208 valence electrons. The molecule has 6 nitrogen and oxygen atoms in total. The number of nitrogens with zero attached hydrogens (tertiary/aromatic N) is 4. The first kappa shape index (κ1) is 29.7. The number of alkyl halides is 8. The van der Waals surface area contributed by atoms with Crippen LogP contribution in [0.5, 0.6) is 0 Å². The largest absolute Gasteiger partial charge is 0.459 e. The van der Waals surface area contributed by atoms with E-state index in [9.17, 15) is 39.9 Å². The third-order valence-corrected chi connectivity index (χ3v) is 6.66. The minimum atomic E-state index is -6.10. The highest BCUT2D eigenvalue weighted by Gasteiger charge is 2.62. The van der Waals surface area contributed by atoms with Crippen LogP contribution >= 0.6 is 23.4 Å². The quantitative estimate of drug-likeness (QED) is 0.159. The lowest BCUT2D eigenvalue weighted by Crippen LogP contribution is -2.34. The van der Waals surface area contributed by atoms with Gasteiger partial charge >= 0.3 is 18.3 Å². The fraction of sp³-hybridized carbons (Fsp3) is 0.409. The predicted octanol–water partition coefficient (Wildman–Crippen LogP) is 6.41. The molecule has 0 radical (unpaired) electrons. The number of carbonyl (C=O) groups excluding carboxylic acids is 1. The van der Waals surface area contributed by atoms with Crippen LogP contribution in [0.15, 0.2) is 34.8 Å². The number of allylic oxidation sites excluding steroid dienone is 1. The average Bonchev–Trinajstić information content (AvgIpc) is 3.54. The maximum atomic E-state index is 14.1. The zero-order valence-electron chi connectivity index (χ0n) is 19.7. The van der Waals surface area contributed by atoms with Gasteiger partial charge < -0.3 is 5.32 Å². The Morgan fingerprint density at radius 2 is 1.89 bits per heavy atom. The van der Waals surface area contributed by atoms with E-state index in [0.717, 1.165) is 38.2 Å². The summed E-state index contributed by atoms with van der Waals surface area (Å²) in [5.41, 5.74) is -1.15. The molecule has 0 saturated heterocycles. The number of amides is 1. The van der Waals surface area contributed by atoms with E-state index in [1.165, 1.54) is 18.2 Å². The molecule has 1 aromatic carbocycles. The summed E-state index contributed by atoms with van der Waals surface area (Å²) in [5.74, 6) is -8.21. The zero-order valence-corrected chi connectivity index (χ0v) is 21.3. The summed E-state index contributed by atoms with van der Waals surface area (Å²) in [4.78, 5) is 11.4. The average molecular weight is 590 g/mol. The summed E-state index contributed by atoms with van der Waals surface area (Å²) in [7, 11) is 2.12. The molecule has 3 rings (SSSR count). The maximum Gasteiger partial charge on any atom is 0.459 e. The van der Waals surface area contributed by atoms with E-state index in [1.807, 2.05) is 0 Å². The molecule has 0 atom stereocenters. The highest BCUT2D eigenvalue weighted by atomic mass is 35.5. The van der Waals surface area contributed by atoms with Crippen LogP contribution in [0.4, 0.5) is 40.9 Å². The molecule has 16 heteroatoms. The first-order valence-electron chi connectivity index (χ1n) is 10.7.